The van der Waals surface area contributed by atoms with Crippen LogP contribution in [0.15, 0.2) is 12.4 Å². The molecule has 1 aliphatic carbocycles. The number of hydrogen-bond donors (Lipinski definition) is 1. The summed E-state index contributed by atoms with van der Waals surface area (Å²) < 4.78 is 2.08. The summed E-state index contributed by atoms with van der Waals surface area (Å²) in [4.78, 5) is 5.38. The third-order valence-electron chi connectivity index (χ3n) is 3.13. The number of aromatic nitrogens is 3. The Kier molecular flexibility index (Phi) is 2.21. The monoisotopic (exact) mass is 234 g/mol. The topological polar surface area (TPSA) is 56.7 Å². The number of nitrogens with zero attached hydrogens (tertiary/aromatic N) is 3. The largest absolute Gasteiger partial charge is 0.375 e. The van der Waals surface area contributed by atoms with E-state index in [1.807, 2.05) is 13.1 Å². The number of anilines is 1. The van der Waals surface area contributed by atoms with E-state index in [1.54, 1.807) is 0 Å². The van der Waals surface area contributed by atoms with E-state index in [-0.39, 0.29) is 0 Å². The predicted molar refractivity (Wildman–Crippen MR) is 65.4 cm³/mol. The van der Waals surface area contributed by atoms with Crippen molar-refractivity contribution in [3.05, 3.63) is 18.1 Å². The number of rotatable bonds is 2. The summed E-state index contributed by atoms with van der Waals surface area (Å²) in [5.41, 5.74) is 7.83. The first-order valence-electron chi connectivity index (χ1n) is 5.51. The first-order valence-corrected chi connectivity index (χ1v) is 6.33. The Morgan fingerprint density at radius 3 is 2.88 bits per heavy atom. The van der Waals surface area contributed by atoms with Gasteiger partial charge in [0.05, 0.1) is 22.8 Å². The predicted octanol–water partition coefficient (Wildman–Crippen LogP) is 2.62. The molecule has 16 heavy (non-hydrogen) atoms. The van der Waals surface area contributed by atoms with Gasteiger partial charge in [-0.1, -0.05) is 11.3 Å². The van der Waals surface area contributed by atoms with Crippen LogP contribution in [-0.2, 0) is 0 Å². The summed E-state index contributed by atoms with van der Waals surface area (Å²) in [7, 11) is 0. The standard InChI is InChI=1S/C11H14N4S/c1-7-10(16-11(12)14-7)8-5-13-15(6-8)9-3-2-4-9/h5-6,9H,2-4H2,1H3,(H2,12,14). The molecule has 1 fully saturated rings. The smallest absolute Gasteiger partial charge is 0.180 e. The fourth-order valence-corrected chi connectivity index (χ4v) is 2.80. The minimum atomic E-state index is 0.610. The van der Waals surface area contributed by atoms with E-state index >= 15 is 0 Å². The second-order valence-electron chi connectivity index (χ2n) is 4.26. The Bertz CT molecular complexity index is 510. The summed E-state index contributed by atoms with van der Waals surface area (Å²) in [6.45, 7) is 1.99. The van der Waals surface area contributed by atoms with Gasteiger partial charge in [-0.3, -0.25) is 4.68 Å². The third kappa shape index (κ3) is 1.51. The molecular formula is C11H14N4S. The van der Waals surface area contributed by atoms with E-state index in [4.69, 9.17) is 5.73 Å². The Labute approximate surface area is 98.1 Å². The number of aryl methyl sites for hydroxylation is 1. The van der Waals surface area contributed by atoms with Gasteiger partial charge in [-0.2, -0.15) is 5.10 Å². The van der Waals surface area contributed by atoms with Crippen LogP contribution in [0.3, 0.4) is 0 Å². The number of nitrogens with two attached hydrogens (primary N) is 1. The highest BCUT2D eigenvalue weighted by atomic mass is 32.1. The molecule has 3 rings (SSSR count). The molecule has 4 nitrogen and oxygen atoms in total. The lowest BCUT2D eigenvalue weighted by Gasteiger charge is -2.25. The fourth-order valence-electron chi connectivity index (χ4n) is 1.99. The zero-order valence-corrected chi connectivity index (χ0v) is 10.00. The maximum atomic E-state index is 5.70. The van der Waals surface area contributed by atoms with Gasteiger partial charge >= 0.3 is 0 Å². The Morgan fingerprint density at radius 2 is 2.31 bits per heavy atom. The molecule has 0 bridgehead atoms. The van der Waals surface area contributed by atoms with E-state index in [1.165, 1.54) is 30.6 Å². The first kappa shape index (κ1) is 9.84. The van der Waals surface area contributed by atoms with Gasteiger partial charge in [0, 0.05) is 11.8 Å². The van der Waals surface area contributed by atoms with Gasteiger partial charge in [-0.25, -0.2) is 4.98 Å². The summed E-state index contributed by atoms with van der Waals surface area (Å²) in [5, 5.41) is 5.05. The minimum Gasteiger partial charge on any atom is -0.375 e. The molecule has 5 heteroatoms. The average Bonchev–Trinajstić information content (AvgIpc) is 2.70. The highest BCUT2D eigenvalue weighted by Gasteiger charge is 2.20. The lowest BCUT2D eigenvalue weighted by atomic mass is 9.93. The average molecular weight is 234 g/mol. The van der Waals surface area contributed by atoms with E-state index in [9.17, 15) is 0 Å². The van der Waals surface area contributed by atoms with Crippen molar-refractivity contribution >= 4 is 16.5 Å². The van der Waals surface area contributed by atoms with Crippen molar-refractivity contribution in [2.75, 3.05) is 5.73 Å². The molecule has 0 atom stereocenters. The van der Waals surface area contributed by atoms with E-state index < -0.39 is 0 Å². The molecular weight excluding hydrogens is 220 g/mol. The van der Waals surface area contributed by atoms with Crippen molar-refractivity contribution < 1.29 is 0 Å². The van der Waals surface area contributed by atoms with Crippen molar-refractivity contribution in [1.82, 2.24) is 14.8 Å². The van der Waals surface area contributed by atoms with Crippen LogP contribution in [0.5, 0.6) is 0 Å². The Balaban J connectivity index is 1.94. The molecule has 1 aliphatic rings. The van der Waals surface area contributed by atoms with Gasteiger partial charge < -0.3 is 5.73 Å². The van der Waals surface area contributed by atoms with Gasteiger partial charge in [0.2, 0.25) is 0 Å². The molecule has 0 aliphatic heterocycles. The highest BCUT2D eigenvalue weighted by Crippen LogP contribution is 2.34. The number of thiazole rings is 1. The van der Waals surface area contributed by atoms with Gasteiger partial charge in [0.1, 0.15) is 0 Å². The SMILES string of the molecule is Cc1nc(N)sc1-c1cnn(C2CCC2)c1. The molecule has 0 amide bonds. The van der Waals surface area contributed by atoms with Crippen LogP contribution in [-0.4, -0.2) is 14.8 Å². The second kappa shape index (κ2) is 3.59. The lowest BCUT2D eigenvalue weighted by Crippen LogP contribution is -2.16. The van der Waals surface area contributed by atoms with Crippen molar-refractivity contribution in [3.63, 3.8) is 0 Å². The van der Waals surface area contributed by atoms with Crippen LogP contribution >= 0.6 is 11.3 Å². The van der Waals surface area contributed by atoms with Crippen molar-refractivity contribution in [1.29, 1.82) is 0 Å². The van der Waals surface area contributed by atoms with Gasteiger partial charge in [-0.05, 0) is 26.2 Å². The van der Waals surface area contributed by atoms with E-state index in [2.05, 4.69) is 21.0 Å². The fraction of sp³-hybridized carbons (Fsp3) is 0.455. The molecule has 1 saturated carbocycles. The van der Waals surface area contributed by atoms with Crippen LogP contribution in [0.25, 0.3) is 10.4 Å². The molecule has 0 saturated heterocycles. The lowest BCUT2D eigenvalue weighted by molar-refractivity contribution is 0.289. The molecule has 84 valence electrons. The van der Waals surface area contributed by atoms with Gasteiger partial charge in [0.25, 0.3) is 0 Å². The van der Waals surface area contributed by atoms with Crippen LogP contribution in [0.4, 0.5) is 5.13 Å². The maximum absolute atomic E-state index is 5.70. The zero-order chi connectivity index (χ0) is 11.1. The molecule has 2 aromatic rings. The summed E-state index contributed by atoms with van der Waals surface area (Å²) in [5.74, 6) is 0. The van der Waals surface area contributed by atoms with Crippen molar-refractivity contribution in [2.45, 2.75) is 32.2 Å². The van der Waals surface area contributed by atoms with Crippen molar-refractivity contribution in [3.8, 4) is 10.4 Å². The molecule has 2 N–H and O–H groups in total. The summed E-state index contributed by atoms with van der Waals surface area (Å²) in [6.07, 6.45) is 7.87. The first-order chi connectivity index (χ1) is 7.74. The Morgan fingerprint density at radius 1 is 1.50 bits per heavy atom. The maximum Gasteiger partial charge on any atom is 0.180 e. The minimum absolute atomic E-state index is 0.610. The van der Waals surface area contributed by atoms with Crippen LogP contribution in [0, 0.1) is 6.92 Å². The molecule has 0 radical (unpaired) electrons. The van der Waals surface area contributed by atoms with Gasteiger partial charge in [-0.15, -0.1) is 0 Å². The van der Waals surface area contributed by atoms with Crippen LogP contribution in [0.1, 0.15) is 31.0 Å². The highest BCUT2D eigenvalue weighted by molar-refractivity contribution is 7.18. The summed E-state index contributed by atoms with van der Waals surface area (Å²) in [6, 6.07) is 0.610. The zero-order valence-electron chi connectivity index (χ0n) is 9.18. The molecule has 0 unspecified atom stereocenters. The van der Waals surface area contributed by atoms with E-state index in [0.29, 0.717) is 11.2 Å². The molecule has 0 spiro atoms. The normalized spacial score (nSPS) is 16.3. The Hall–Kier alpha value is -1.36. The molecule has 0 aromatic carbocycles. The van der Waals surface area contributed by atoms with Gasteiger partial charge in [0.15, 0.2) is 5.13 Å². The third-order valence-corrected chi connectivity index (χ3v) is 4.16. The summed E-state index contributed by atoms with van der Waals surface area (Å²) >= 11 is 1.53. The molecule has 2 heterocycles. The van der Waals surface area contributed by atoms with Crippen molar-refractivity contribution in [2.24, 2.45) is 0 Å². The van der Waals surface area contributed by atoms with Crippen LogP contribution in [0.2, 0.25) is 0 Å². The van der Waals surface area contributed by atoms with E-state index in [0.717, 1.165) is 16.1 Å². The number of nitrogen functional groups attached to an aromatic ring is 1. The second-order valence-corrected chi connectivity index (χ2v) is 5.29. The molecule has 2 aromatic heterocycles. The van der Waals surface area contributed by atoms with Crippen LogP contribution < -0.4 is 5.73 Å². The quantitative estimate of drug-likeness (QED) is 0.869. The number of hydrogen-bond acceptors (Lipinski definition) is 4.